The van der Waals surface area contributed by atoms with Gasteiger partial charge in [-0.1, -0.05) is 23.7 Å². The predicted octanol–water partition coefficient (Wildman–Crippen LogP) is 4.07. The van der Waals surface area contributed by atoms with E-state index >= 15 is 0 Å². The van der Waals surface area contributed by atoms with Gasteiger partial charge in [-0.2, -0.15) is 0 Å². The third-order valence-corrected chi connectivity index (χ3v) is 2.78. The van der Waals surface area contributed by atoms with Crippen molar-refractivity contribution in [1.82, 2.24) is 0 Å². The smallest absolute Gasteiger partial charge is 0.166 e. The molecule has 0 spiro atoms. The highest BCUT2D eigenvalue weighted by Gasteiger charge is 2.08. The zero-order valence-corrected chi connectivity index (χ0v) is 10.5. The lowest BCUT2D eigenvalue weighted by Gasteiger charge is -2.10. The monoisotopic (exact) mass is 266 g/mol. The van der Waals surface area contributed by atoms with Crippen molar-refractivity contribution >= 4 is 11.6 Å². The van der Waals surface area contributed by atoms with Crippen LogP contribution in [0.2, 0.25) is 5.02 Å². The minimum Gasteiger partial charge on any atom is -0.454 e. The van der Waals surface area contributed by atoms with Gasteiger partial charge in [0.25, 0.3) is 0 Å². The van der Waals surface area contributed by atoms with Gasteiger partial charge in [-0.25, -0.2) is 4.39 Å². The highest BCUT2D eigenvalue weighted by atomic mass is 35.5. The van der Waals surface area contributed by atoms with Gasteiger partial charge in [0.2, 0.25) is 0 Å². The first-order valence-corrected chi connectivity index (χ1v) is 5.81. The summed E-state index contributed by atoms with van der Waals surface area (Å²) >= 11 is 5.86. The van der Waals surface area contributed by atoms with Gasteiger partial charge >= 0.3 is 0 Å². The Balaban J connectivity index is 2.31. The molecule has 0 saturated carbocycles. The molecule has 18 heavy (non-hydrogen) atoms. The first-order valence-electron chi connectivity index (χ1n) is 5.43. The molecule has 0 amide bonds. The fraction of sp³-hybridized carbons (Fsp3) is 0.143. The molecular weight excluding hydrogens is 255 g/mol. The summed E-state index contributed by atoms with van der Waals surface area (Å²) in [6.45, 7) is 1.65. The average Bonchev–Trinajstić information content (AvgIpc) is 2.36. The van der Waals surface area contributed by atoms with E-state index in [1.54, 1.807) is 24.3 Å². The van der Waals surface area contributed by atoms with E-state index in [1.165, 1.54) is 12.1 Å². The second-order valence-electron chi connectivity index (χ2n) is 3.93. The SMILES string of the molecule is Cc1ccc(Cl)cc1Oc1ccc(CO)cc1F. The topological polar surface area (TPSA) is 29.5 Å². The zero-order valence-electron chi connectivity index (χ0n) is 9.78. The molecule has 2 aromatic carbocycles. The molecule has 0 unspecified atom stereocenters. The zero-order chi connectivity index (χ0) is 13.1. The number of hydrogen-bond acceptors (Lipinski definition) is 2. The fourth-order valence-corrected chi connectivity index (χ4v) is 1.69. The second-order valence-corrected chi connectivity index (χ2v) is 4.37. The molecule has 0 aliphatic heterocycles. The standard InChI is InChI=1S/C14H12ClFO2/c1-9-2-4-11(15)7-14(9)18-13-5-3-10(8-17)6-12(13)16/h2-7,17H,8H2,1H3. The molecule has 1 N–H and O–H groups in total. The van der Waals surface area contributed by atoms with Crippen LogP contribution in [0.1, 0.15) is 11.1 Å². The predicted molar refractivity (Wildman–Crippen MR) is 68.6 cm³/mol. The summed E-state index contributed by atoms with van der Waals surface area (Å²) in [4.78, 5) is 0. The van der Waals surface area contributed by atoms with Gasteiger partial charge in [0.1, 0.15) is 5.75 Å². The molecule has 0 aliphatic rings. The molecule has 4 heteroatoms. The highest BCUT2D eigenvalue weighted by molar-refractivity contribution is 6.30. The van der Waals surface area contributed by atoms with Gasteiger partial charge < -0.3 is 9.84 Å². The van der Waals surface area contributed by atoms with E-state index in [1.807, 2.05) is 6.92 Å². The maximum absolute atomic E-state index is 13.7. The van der Waals surface area contributed by atoms with Gasteiger partial charge in [-0.05, 0) is 42.3 Å². The molecule has 0 bridgehead atoms. The molecule has 0 atom stereocenters. The summed E-state index contributed by atoms with van der Waals surface area (Å²) in [6, 6.07) is 9.53. The number of benzene rings is 2. The lowest BCUT2D eigenvalue weighted by Crippen LogP contribution is -1.92. The van der Waals surface area contributed by atoms with Crippen LogP contribution < -0.4 is 4.74 Å². The molecular formula is C14H12ClFO2. The Hall–Kier alpha value is -1.58. The Bertz CT molecular complexity index is 570. The number of aliphatic hydroxyl groups excluding tert-OH is 1. The van der Waals surface area contributed by atoms with Gasteiger partial charge in [0.05, 0.1) is 6.61 Å². The van der Waals surface area contributed by atoms with Crippen LogP contribution in [0, 0.1) is 12.7 Å². The van der Waals surface area contributed by atoms with Crippen molar-refractivity contribution in [3.05, 3.63) is 58.4 Å². The van der Waals surface area contributed by atoms with Crippen LogP contribution in [0.5, 0.6) is 11.5 Å². The van der Waals surface area contributed by atoms with Crippen LogP contribution in [0.15, 0.2) is 36.4 Å². The molecule has 94 valence electrons. The molecule has 0 aliphatic carbocycles. The second kappa shape index (κ2) is 5.38. The van der Waals surface area contributed by atoms with Gasteiger partial charge in [-0.3, -0.25) is 0 Å². The summed E-state index contributed by atoms with van der Waals surface area (Å²) in [5.74, 6) is 0.108. The minimum atomic E-state index is -0.513. The molecule has 0 aromatic heterocycles. The van der Waals surface area contributed by atoms with Crippen molar-refractivity contribution in [3.63, 3.8) is 0 Å². The third kappa shape index (κ3) is 2.81. The van der Waals surface area contributed by atoms with Crippen LogP contribution in [0.4, 0.5) is 4.39 Å². The number of rotatable bonds is 3. The van der Waals surface area contributed by atoms with E-state index in [9.17, 15) is 4.39 Å². The third-order valence-electron chi connectivity index (χ3n) is 2.55. The van der Waals surface area contributed by atoms with Gasteiger partial charge in [0.15, 0.2) is 11.6 Å². The van der Waals surface area contributed by atoms with E-state index in [0.717, 1.165) is 5.56 Å². The molecule has 0 heterocycles. The van der Waals surface area contributed by atoms with Gasteiger partial charge in [0, 0.05) is 5.02 Å². The largest absolute Gasteiger partial charge is 0.454 e. The fourth-order valence-electron chi connectivity index (χ4n) is 1.53. The van der Waals surface area contributed by atoms with Crippen molar-refractivity contribution in [1.29, 1.82) is 0 Å². The molecule has 0 fully saturated rings. The highest BCUT2D eigenvalue weighted by Crippen LogP contribution is 2.29. The van der Waals surface area contributed by atoms with E-state index < -0.39 is 5.82 Å². The first-order chi connectivity index (χ1) is 8.60. The Kier molecular flexibility index (Phi) is 3.84. The molecule has 0 radical (unpaired) electrons. The van der Waals surface area contributed by atoms with Crippen molar-refractivity contribution in [3.8, 4) is 11.5 Å². The van der Waals surface area contributed by atoms with E-state index in [4.69, 9.17) is 21.4 Å². The summed E-state index contributed by atoms with van der Waals surface area (Å²) < 4.78 is 19.2. The Morgan fingerprint density at radius 1 is 1.17 bits per heavy atom. The number of halogens is 2. The Morgan fingerprint density at radius 2 is 1.94 bits per heavy atom. The van der Waals surface area contributed by atoms with Crippen LogP contribution in [0.25, 0.3) is 0 Å². The van der Waals surface area contributed by atoms with Crippen LogP contribution in [-0.4, -0.2) is 5.11 Å². The number of hydrogen-bond donors (Lipinski definition) is 1. The number of aryl methyl sites for hydroxylation is 1. The van der Waals surface area contributed by atoms with Crippen LogP contribution in [0.3, 0.4) is 0 Å². The maximum Gasteiger partial charge on any atom is 0.166 e. The average molecular weight is 267 g/mol. The number of aliphatic hydroxyl groups is 1. The Labute approximate surface area is 110 Å². The maximum atomic E-state index is 13.7. The van der Waals surface area contributed by atoms with Crippen LogP contribution >= 0.6 is 11.6 Å². The lowest BCUT2D eigenvalue weighted by atomic mass is 10.2. The molecule has 2 aromatic rings. The van der Waals surface area contributed by atoms with E-state index in [-0.39, 0.29) is 12.4 Å². The van der Waals surface area contributed by atoms with Crippen LogP contribution in [-0.2, 0) is 6.61 Å². The molecule has 2 rings (SSSR count). The molecule has 0 saturated heterocycles. The van der Waals surface area contributed by atoms with Crippen molar-refractivity contribution in [2.24, 2.45) is 0 Å². The van der Waals surface area contributed by atoms with Crippen molar-refractivity contribution in [2.45, 2.75) is 13.5 Å². The van der Waals surface area contributed by atoms with Crippen molar-refractivity contribution < 1.29 is 14.2 Å². The quantitative estimate of drug-likeness (QED) is 0.907. The van der Waals surface area contributed by atoms with Crippen molar-refractivity contribution in [2.75, 3.05) is 0 Å². The summed E-state index contributed by atoms with van der Waals surface area (Å²) in [5, 5.41) is 9.43. The molecule has 2 nitrogen and oxygen atoms in total. The lowest BCUT2D eigenvalue weighted by molar-refractivity contribution is 0.281. The number of ether oxygens (including phenoxy) is 1. The first kappa shape index (κ1) is 12.9. The van der Waals surface area contributed by atoms with E-state index in [2.05, 4.69) is 0 Å². The summed E-state index contributed by atoms with van der Waals surface area (Å²) in [6.07, 6.45) is 0. The van der Waals surface area contributed by atoms with E-state index in [0.29, 0.717) is 16.3 Å². The Morgan fingerprint density at radius 3 is 2.61 bits per heavy atom. The van der Waals surface area contributed by atoms with Gasteiger partial charge in [-0.15, -0.1) is 0 Å². The summed E-state index contributed by atoms with van der Waals surface area (Å²) in [7, 11) is 0. The normalized spacial score (nSPS) is 10.4. The summed E-state index contributed by atoms with van der Waals surface area (Å²) in [5.41, 5.74) is 1.37. The minimum absolute atomic E-state index is 0.109.